The minimum atomic E-state index is -0.336. The van der Waals surface area contributed by atoms with E-state index in [-0.39, 0.29) is 43.1 Å². The molecule has 0 aliphatic carbocycles. The second-order valence-electron chi connectivity index (χ2n) is 7.26. The van der Waals surface area contributed by atoms with Crippen molar-refractivity contribution in [2.75, 3.05) is 6.54 Å². The molecule has 1 aliphatic rings. The molecule has 1 heterocycles. The summed E-state index contributed by atoms with van der Waals surface area (Å²) in [6, 6.07) is 26.2. The highest BCUT2D eigenvalue weighted by Crippen LogP contribution is 2.23. The standard InChI is InChI=1S/C25H22N2O3/c28-22(15-16-27-23(29)17-20-13-7-8-14-21(20)25(27)30)26-24(18-9-3-1-4-10-18)19-11-5-2-6-12-19/h1-14,24H,15-17H2,(H,26,28). The minimum absolute atomic E-state index is 0.0514. The van der Waals surface area contributed by atoms with Crippen molar-refractivity contribution in [1.29, 1.82) is 0 Å². The highest BCUT2D eigenvalue weighted by Gasteiger charge is 2.30. The van der Waals surface area contributed by atoms with Crippen molar-refractivity contribution in [3.05, 3.63) is 107 Å². The highest BCUT2D eigenvalue weighted by atomic mass is 16.2. The van der Waals surface area contributed by atoms with E-state index in [0.717, 1.165) is 16.7 Å². The van der Waals surface area contributed by atoms with Crippen LogP contribution in [0.1, 0.15) is 39.5 Å². The van der Waals surface area contributed by atoms with Crippen LogP contribution < -0.4 is 5.32 Å². The lowest BCUT2D eigenvalue weighted by Gasteiger charge is -2.27. The molecule has 0 aromatic heterocycles. The van der Waals surface area contributed by atoms with E-state index in [9.17, 15) is 14.4 Å². The number of hydrogen-bond acceptors (Lipinski definition) is 3. The van der Waals surface area contributed by atoms with Gasteiger partial charge in [-0.1, -0.05) is 78.9 Å². The van der Waals surface area contributed by atoms with Gasteiger partial charge in [-0.15, -0.1) is 0 Å². The molecule has 0 unspecified atom stereocenters. The van der Waals surface area contributed by atoms with Gasteiger partial charge in [-0.05, 0) is 22.8 Å². The Bertz CT molecular complexity index is 1020. The maximum absolute atomic E-state index is 12.7. The van der Waals surface area contributed by atoms with Crippen LogP contribution in [-0.4, -0.2) is 29.2 Å². The third-order valence-corrected chi connectivity index (χ3v) is 5.27. The first-order chi connectivity index (χ1) is 14.6. The maximum atomic E-state index is 12.7. The topological polar surface area (TPSA) is 66.5 Å². The summed E-state index contributed by atoms with van der Waals surface area (Å²) < 4.78 is 0. The van der Waals surface area contributed by atoms with Gasteiger partial charge in [0.2, 0.25) is 11.8 Å². The summed E-state index contributed by atoms with van der Waals surface area (Å²) in [4.78, 5) is 39.0. The molecule has 3 aromatic rings. The lowest BCUT2D eigenvalue weighted by Crippen LogP contribution is -2.44. The van der Waals surface area contributed by atoms with Crippen molar-refractivity contribution in [2.24, 2.45) is 0 Å². The number of nitrogens with one attached hydrogen (secondary N) is 1. The summed E-state index contributed by atoms with van der Waals surface area (Å²) in [5, 5.41) is 3.05. The van der Waals surface area contributed by atoms with Crippen molar-refractivity contribution >= 4 is 17.7 Å². The van der Waals surface area contributed by atoms with Crippen LogP contribution in [0.15, 0.2) is 84.9 Å². The molecule has 0 radical (unpaired) electrons. The lowest BCUT2D eigenvalue weighted by molar-refractivity contribution is -0.129. The van der Waals surface area contributed by atoms with Crippen molar-refractivity contribution in [3.63, 3.8) is 0 Å². The van der Waals surface area contributed by atoms with Crippen molar-refractivity contribution in [3.8, 4) is 0 Å². The van der Waals surface area contributed by atoms with Crippen LogP contribution in [0.5, 0.6) is 0 Å². The van der Waals surface area contributed by atoms with E-state index in [0.29, 0.717) is 5.56 Å². The maximum Gasteiger partial charge on any atom is 0.260 e. The average Bonchev–Trinajstić information content (AvgIpc) is 2.78. The summed E-state index contributed by atoms with van der Waals surface area (Å²) in [6.07, 6.45) is 0.232. The summed E-state index contributed by atoms with van der Waals surface area (Å²) in [7, 11) is 0. The second-order valence-corrected chi connectivity index (χ2v) is 7.26. The Kier molecular flexibility index (Phi) is 5.70. The first kappa shape index (κ1) is 19.6. The number of amides is 3. The lowest BCUT2D eigenvalue weighted by atomic mass is 9.98. The zero-order valence-electron chi connectivity index (χ0n) is 16.5. The van der Waals surface area contributed by atoms with E-state index < -0.39 is 0 Å². The number of nitrogens with zero attached hydrogens (tertiary/aromatic N) is 1. The first-order valence-electron chi connectivity index (χ1n) is 9.95. The molecule has 5 nitrogen and oxygen atoms in total. The fourth-order valence-corrected chi connectivity index (χ4v) is 3.72. The van der Waals surface area contributed by atoms with Gasteiger partial charge in [0.15, 0.2) is 0 Å². The molecule has 3 aromatic carbocycles. The number of rotatable bonds is 6. The summed E-state index contributed by atoms with van der Waals surface area (Å²) in [6.45, 7) is 0.0636. The molecule has 0 spiro atoms. The zero-order valence-corrected chi connectivity index (χ0v) is 16.5. The van der Waals surface area contributed by atoms with Gasteiger partial charge in [0.1, 0.15) is 0 Å². The molecule has 1 aliphatic heterocycles. The minimum Gasteiger partial charge on any atom is -0.345 e. The third kappa shape index (κ3) is 4.15. The van der Waals surface area contributed by atoms with Gasteiger partial charge in [0.25, 0.3) is 5.91 Å². The monoisotopic (exact) mass is 398 g/mol. The van der Waals surface area contributed by atoms with Gasteiger partial charge in [0.05, 0.1) is 12.5 Å². The smallest absolute Gasteiger partial charge is 0.260 e. The van der Waals surface area contributed by atoms with Crippen LogP contribution in [-0.2, 0) is 16.0 Å². The number of carbonyl (C=O) groups excluding carboxylic acids is 3. The van der Waals surface area contributed by atoms with Crippen LogP contribution >= 0.6 is 0 Å². The highest BCUT2D eigenvalue weighted by molar-refractivity contribution is 6.09. The average molecular weight is 398 g/mol. The van der Waals surface area contributed by atoms with E-state index in [1.807, 2.05) is 66.7 Å². The van der Waals surface area contributed by atoms with Crippen LogP contribution in [0.25, 0.3) is 0 Å². The molecule has 0 saturated carbocycles. The quantitative estimate of drug-likeness (QED) is 0.646. The fourth-order valence-electron chi connectivity index (χ4n) is 3.72. The van der Waals surface area contributed by atoms with Gasteiger partial charge in [-0.2, -0.15) is 0 Å². The molecule has 3 amide bonds. The Morgan fingerprint density at radius 3 is 2.03 bits per heavy atom. The number of fused-ring (bicyclic) bond motifs is 1. The van der Waals surface area contributed by atoms with Gasteiger partial charge >= 0.3 is 0 Å². The van der Waals surface area contributed by atoms with E-state index in [2.05, 4.69) is 5.32 Å². The van der Waals surface area contributed by atoms with Gasteiger partial charge < -0.3 is 5.32 Å². The Labute approximate surface area is 175 Å². The van der Waals surface area contributed by atoms with E-state index in [1.54, 1.807) is 18.2 Å². The molecule has 5 heteroatoms. The number of carbonyl (C=O) groups is 3. The Morgan fingerprint density at radius 1 is 0.833 bits per heavy atom. The molecule has 30 heavy (non-hydrogen) atoms. The van der Waals surface area contributed by atoms with E-state index in [4.69, 9.17) is 0 Å². The summed E-state index contributed by atoms with van der Waals surface area (Å²) in [5.74, 6) is -0.821. The van der Waals surface area contributed by atoms with Gasteiger partial charge in [-0.25, -0.2) is 0 Å². The Hall–Kier alpha value is -3.73. The number of benzene rings is 3. The third-order valence-electron chi connectivity index (χ3n) is 5.27. The predicted molar refractivity (Wildman–Crippen MR) is 114 cm³/mol. The van der Waals surface area contributed by atoms with Crippen LogP contribution in [0.2, 0.25) is 0 Å². The molecule has 0 atom stereocenters. The number of imide groups is 1. The summed E-state index contributed by atoms with van der Waals surface area (Å²) >= 11 is 0. The van der Waals surface area contributed by atoms with Crippen LogP contribution in [0.3, 0.4) is 0 Å². The predicted octanol–water partition coefficient (Wildman–Crippen LogP) is 3.51. The van der Waals surface area contributed by atoms with Crippen molar-refractivity contribution in [1.82, 2.24) is 10.2 Å². The SMILES string of the molecule is O=C(CCN1C(=O)Cc2ccccc2C1=O)NC(c1ccccc1)c1ccccc1. The number of hydrogen-bond donors (Lipinski definition) is 1. The van der Waals surface area contributed by atoms with E-state index >= 15 is 0 Å². The van der Waals surface area contributed by atoms with Crippen molar-refractivity contribution < 1.29 is 14.4 Å². The molecule has 0 bridgehead atoms. The van der Waals surface area contributed by atoms with Gasteiger partial charge in [0, 0.05) is 18.5 Å². The van der Waals surface area contributed by atoms with Crippen LogP contribution in [0.4, 0.5) is 0 Å². The normalized spacial score (nSPS) is 13.3. The molecule has 150 valence electrons. The first-order valence-corrected chi connectivity index (χ1v) is 9.95. The zero-order chi connectivity index (χ0) is 20.9. The summed E-state index contributed by atoms with van der Waals surface area (Å²) in [5.41, 5.74) is 3.21. The Morgan fingerprint density at radius 2 is 1.40 bits per heavy atom. The van der Waals surface area contributed by atoms with Crippen LogP contribution in [0, 0.1) is 0 Å². The fraction of sp³-hybridized carbons (Fsp3) is 0.160. The van der Waals surface area contributed by atoms with Crippen molar-refractivity contribution in [2.45, 2.75) is 18.9 Å². The molecular formula is C25H22N2O3. The molecule has 1 N–H and O–H groups in total. The van der Waals surface area contributed by atoms with Gasteiger partial charge in [-0.3, -0.25) is 19.3 Å². The second kappa shape index (κ2) is 8.74. The largest absolute Gasteiger partial charge is 0.345 e. The molecule has 0 saturated heterocycles. The molecular weight excluding hydrogens is 376 g/mol. The van der Waals surface area contributed by atoms with E-state index in [1.165, 1.54) is 4.90 Å². The molecule has 4 rings (SSSR count). The Balaban J connectivity index is 1.46. The molecule has 0 fully saturated rings.